The Hall–Kier alpha value is -0.620. The number of sulfonamides is 1. The van der Waals surface area contributed by atoms with E-state index in [9.17, 15) is 8.42 Å². The summed E-state index contributed by atoms with van der Waals surface area (Å²) in [5.41, 5.74) is 0.931. The molecule has 1 saturated heterocycles. The van der Waals surface area contributed by atoms with Crippen LogP contribution in [0.5, 0.6) is 0 Å². The van der Waals surface area contributed by atoms with Crippen molar-refractivity contribution in [2.45, 2.75) is 44.2 Å². The maximum Gasteiger partial charge on any atom is 0.244 e. The van der Waals surface area contributed by atoms with Gasteiger partial charge in [-0.2, -0.15) is 4.31 Å². The molecule has 1 aromatic carbocycles. The van der Waals surface area contributed by atoms with Gasteiger partial charge in [-0.15, -0.1) is 0 Å². The number of nitrogens with one attached hydrogen (secondary N) is 1. The molecule has 0 aromatic heterocycles. The van der Waals surface area contributed by atoms with E-state index in [1.54, 1.807) is 12.1 Å². The fourth-order valence-corrected chi connectivity index (χ4v) is 4.29. The lowest BCUT2D eigenvalue weighted by molar-refractivity contribution is 0.477. The molecular formula is C14H21ClN2O2S. The minimum atomic E-state index is -3.46. The van der Waals surface area contributed by atoms with Crippen molar-refractivity contribution in [1.82, 2.24) is 9.62 Å². The molecule has 0 amide bonds. The third-order valence-corrected chi connectivity index (χ3v) is 5.77. The number of halogens is 1. The molecular weight excluding hydrogens is 296 g/mol. The third-order valence-electron chi connectivity index (χ3n) is 3.39. The SMILES string of the molecule is CC(C)NCc1ccc(Cl)c(S(=O)(=O)N2CCCC2)c1. The Balaban J connectivity index is 2.28. The lowest BCUT2D eigenvalue weighted by atomic mass is 10.2. The van der Waals surface area contributed by atoms with Crippen molar-refractivity contribution in [1.29, 1.82) is 0 Å². The lowest BCUT2D eigenvalue weighted by Crippen LogP contribution is -2.28. The molecule has 0 spiro atoms. The second-order valence-corrected chi connectivity index (χ2v) is 7.73. The van der Waals surface area contributed by atoms with Crippen LogP contribution in [0.4, 0.5) is 0 Å². The van der Waals surface area contributed by atoms with Gasteiger partial charge < -0.3 is 5.32 Å². The molecule has 1 aromatic rings. The van der Waals surface area contributed by atoms with Gasteiger partial charge in [-0.1, -0.05) is 31.5 Å². The first-order valence-corrected chi connectivity index (χ1v) is 8.75. The summed E-state index contributed by atoms with van der Waals surface area (Å²) in [4.78, 5) is 0.226. The van der Waals surface area contributed by atoms with Crippen LogP contribution < -0.4 is 5.32 Å². The maximum atomic E-state index is 12.6. The van der Waals surface area contributed by atoms with E-state index in [2.05, 4.69) is 19.2 Å². The minimum absolute atomic E-state index is 0.226. The Labute approximate surface area is 126 Å². The van der Waals surface area contributed by atoms with E-state index < -0.39 is 10.0 Å². The zero-order valence-corrected chi connectivity index (χ0v) is 13.5. The Kier molecular flexibility index (Phi) is 5.07. The molecule has 4 nitrogen and oxygen atoms in total. The van der Waals surface area contributed by atoms with Crippen LogP contribution in [0.15, 0.2) is 23.1 Å². The van der Waals surface area contributed by atoms with Gasteiger partial charge in [0.25, 0.3) is 0 Å². The van der Waals surface area contributed by atoms with Gasteiger partial charge in [0.1, 0.15) is 4.90 Å². The second kappa shape index (κ2) is 6.43. The van der Waals surface area contributed by atoms with Crippen molar-refractivity contribution in [3.05, 3.63) is 28.8 Å². The van der Waals surface area contributed by atoms with Crippen molar-refractivity contribution in [3.63, 3.8) is 0 Å². The number of hydrogen-bond acceptors (Lipinski definition) is 3. The van der Waals surface area contributed by atoms with E-state index in [0.717, 1.165) is 18.4 Å². The highest BCUT2D eigenvalue weighted by Crippen LogP contribution is 2.28. The fourth-order valence-electron chi connectivity index (χ4n) is 2.24. The molecule has 0 radical (unpaired) electrons. The average Bonchev–Trinajstić information content (AvgIpc) is 2.92. The summed E-state index contributed by atoms with van der Waals surface area (Å²) >= 11 is 6.10. The first-order chi connectivity index (χ1) is 9.41. The van der Waals surface area contributed by atoms with Gasteiger partial charge in [-0.05, 0) is 30.5 Å². The monoisotopic (exact) mass is 316 g/mol. The summed E-state index contributed by atoms with van der Waals surface area (Å²) in [6, 6.07) is 5.57. The highest BCUT2D eigenvalue weighted by molar-refractivity contribution is 7.89. The highest BCUT2D eigenvalue weighted by Gasteiger charge is 2.29. The van der Waals surface area contributed by atoms with Crippen molar-refractivity contribution in [2.24, 2.45) is 0 Å². The summed E-state index contributed by atoms with van der Waals surface area (Å²) < 4.78 is 26.7. The van der Waals surface area contributed by atoms with Gasteiger partial charge in [0, 0.05) is 25.7 Å². The van der Waals surface area contributed by atoms with Crippen molar-refractivity contribution < 1.29 is 8.42 Å². The second-order valence-electron chi connectivity index (χ2n) is 5.41. The van der Waals surface area contributed by atoms with Crippen LogP contribution in [-0.4, -0.2) is 31.9 Å². The largest absolute Gasteiger partial charge is 0.310 e. The van der Waals surface area contributed by atoms with E-state index in [0.29, 0.717) is 30.7 Å². The predicted molar refractivity (Wildman–Crippen MR) is 81.4 cm³/mol. The predicted octanol–water partition coefficient (Wildman–Crippen LogP) is 2.62. The van der Waals surface area contributed by atoms with Gasteiger partial charge >= 0.3 is 0 Å². The summed E-state index contributed by atoms with van der Waals surface area (Å²) in [7, 11) is -3.46. The molecule has 6 heteroatoms. The Bertz CT molecular complexity index is 567. The van der Waals surface area contributed by atoms with Crippen LogP contribution in [-0.2, 0) is 16.6 Å². The molecule has 2 rings (SSSR count). The van der Waals surface area contributed by atoms with Gasteiger partial charge in [0.2, 0.25) is 10.0 Å². The molecule has 1 heterocycles. The summed E-state index contributed by atoms with van der Waals surface area (Å²) in [5.74, 6) is 0. The molecule has 112 valence electrons. The number of rotatable bonds is 5. The van der Waals surface area contributed by atoms with Crippen molar-refractivity contribution in [2.75, 3.05) is 13.1 Å². The quantitative estimate of drug-likeness (QED) is 0.908. The number of hydrogen-bond donors (Lipinski definition) is 1. The van der Waals surface area contributed by atoms with Gasteiger partial charge in [0.05, 0.1) is 5.02 Å². The van der Waals surface area contributed by atoms with Crippen molar-refractivity contribution >= 4 is 21.6 Å². The van der Waals surface area contributed by atoms with Crippen LogP contribution in [0.2, 0.25) is 5.02 Å². The van der Waals surface area contributed by atoms with Gasteiger partial charge in [0.15, 0.2) is 0 Å². The minimum Gasteiger partial charge on any atom is -0.310 e. The normalized spacial score (nSPS) is 17.0. The van der Waals surface area contributed by atoms with Crippen LogP contribution in [0, 0.1) is 0 Å². The highest BCUT2D eigenvalue weighted by atomic mass is 35.5. The van der Waals surface area contributed by atoms with Crippen LogP contribution in [0.25, 0.3) is 0 Å². The summed E-state index contributed by atoms with van der Waals surface area (Å²) in [6.45, 7) is 5.92. The maximum absolute atomic E-state index is 12.6. The van der Waals surface area contributed by atoms with Crippen LogP contribution >= 0.6 is 11.6 Å². The Morgan fingerprint density at radius 2 is 1.95 bits per heavy atom. The van der Waals surface area contributed by atoms with E-state index in [4.69, 9.17) is 11.6 Å². The molecule has 1 fully saturated rings. The van der Waals surface area contributed by atoms with Crippen LogP contribution in [0.1, 0.15) is 32.3 Å². The van der Waals surface area contributed by atoms with Crippen molar-refractivity contribution in [3.8, 4) is 0 Å². The molecule has 20 heavy (non-hydrogen) atoms. The molecule has 1 aliphatic rings. The molecule has 1 aliphatic heterocycles. The summed E-state index contributed by atoms with van der Waals surface area (Å²) in [6.07, 6.45) is 1.84. The zero-order chi connectivity index (χ0) is 14.8. The topological polar surface area (TPSA) is 49.4 Å². The van der Waals surface area contributed by atoms with E-state index in [1.165, 1.54) is 4.31 Å². The Morgan fingerprint density at radius 1 is 1.30 bits per heavy atom. The smallest absolute Gasteiger partial charge is 0.244 e. The molecule has 0 saturated carbocycles. The average molecular weight is 317 g/mol. The summed E-state index contributed by atoms with van der Waals surface area (Å²) in [5, 5.41) is 3.57. The van der Waals surface area contributed by atoms with E-state index in [-0.39, 0.29) is 4.90 Å². The zero-order valence-electron chi connectivity index (χ0n) is 11.9. The third kappa shape index (κ3) is 3.52. The van der Waals surface area contributed by atoms with E-state index >= 15 is 0 Å². The molecule has 0 atom stereocenters. The Morgan fingerprint density at radius 3 is 2.55 bits per heavy atom. The van der Waals surface area contributed by atoms with Crippen LogP contribution in [0.3, 0.4) is 0 Å². The van der Waals surface area contributed by atoms with Gasteiger partial charge in [-0.25, -0.2) is 8.42 Å². The molecule has 0 aliphatic carbocycles. The first-order valence-electron chi connectivity index (χ1n) is 6.93. The lowest BCUT2D eigenvalue weighted by Gasteiger charge is -2.17. The van der Waals surface area contributed by atoms with E-state index in [1.807, 2.05) is 6.07 Å². The first kappa shape index (κ1) is 15.8. The molecule has 0 unspecified atom stereocenters. The molecule has 0 bridgehead atoms. The standard InChI is InChI=1S/C14H21ClN2O2S/c1-11(2)16-10-12-5-6-13(15)14(9-12)20(18,19)17-7-3-4-8-17/h5-6,9,11,16H,3-4,7-8,10H2,1-2H3. The number of nitrogens with zero attached hydrogens (tertiary/aromatic N) is 1. The fraction of sp³-hybridized carbons (Fsp3) is 0.571. The number of benzene rings is 1. The van der Waals surface area contributed by atoms with Gasteiger partial charge in [-0.3, -0.25) is 0 Å². The molecule has 1 N–H and O–H groups in total.